The zero-order valence-electron chi connectivity index (χ0n) is 7.33. The van der Waals surface area contributed by atoms with E-state index in [9.17, 15) is 4.79 Å². The molecule has 0 radical (unpaired) electrons. The summed E-state index contributed by atoms with van der Waals surface area (Å²) in [4.78, 5) is 10.9. The molecule has 1 unspecified atom stereocenters. The van der Waals surface area contributed by atoms with E-state index in [1.54, 1.807) is 18.7 Å². The van der Waals surface area contributed by atoms with Gasteiger partial charge in [0.15, 0.2) is 0 Å². The Balaban J connectivity index is 3.75. The maximum atomic E-state index is 10.9. The SMILES string of the molecule is CCSC(=S)SC(C)C(=O)OC. The minimum Gasteiger partial charge on any atom is -0.468 e. The molecule has 0 spiro atoms. The zero-order valence-corrected chi connectivity index (χ0v) is 9.78. The Morgan fingerprint density at radius 3 is 2.67 bits per heavy atom. The first-order valence-corrected chi connectivity index (χ1v) is 5.80. The van der Waals surface area contributed by atoms with Crippen molar-refractivity contribution >= 4 is 45.2 Å². The Morgan fingerprint density at radius 1 is 1.67 bits per heavy atom. The molecule has 0 rings (SSSR count). The molecular formula is C7H12O2S3. The van der Waals surface area contributed by atoms with Crippen molar-refractivity contribution < 1.29 is 9.53 Å². The van der Waals surface area contributed by atoms with Crippen LogP contribution >= 0.6 is 35.7 Å². The number of esters is 1. The Morgan fingerprint density at radius 2 is 2.25 bits per heavy atom. The van der Waals surface area contributed by atoms with E-state index in [2.05, 4.69) is 4.74 Å². The van der Waals surface area contributed by atoms with Crippen molar-refractivity contribution in [1.29, 1.82) is 0 Å². The molecule has 0 aromatic rings. The molecule has 0 heterocycles. The Labute approximate surface area is 86.8 Å². The van der Waals surface area contributed by atoms with Gasteiger partial charge in [-0.3, -0.25) is 4.79 Å². The number of methoxy groups -OCH3 is 1. The third-order valence-corrected chi connectivity index (χ3v) is 3.62. The molecule has 0 aliphatic carbocycles. The number of thioether (sulfide) groups is 2. The van der Waals surface area contributed by atoms with Gasteiger partial charge in [0.1, 0.15) is 8.78 Å². The van der Waals surface area contributed by atoms with Gasteiger partial charge in [-0.15, -0.1) is 11.8 Å². The second-order valence-electron chi connectivity index (χ2n) is 1.97. The first kappa shape index (κ1) is 12.3. The smallest absolute Gasteiger partial charge is 0.318 e. The molecule has 5 heteroatoms. The van der Waals surface area contributed by atoms with Crippen LogP contribution in [0.4, 0.5) is 0 Å². The highest BCUT2D eigenvalue weighted by Gasteiger charge is 2.15. The quantitative estimate of drug-likeness (QED) is 0.541. The molecule has 0 fully saturated rings. The van der Waals surface area contributed by atoms with Crippen LogP contribution in [-0.4, -0.2) is 27.6 Å². The molecule has 70 valence electrons. The largest absolute Gasteiger partial charge is 0.468 e. The van der Waals surface area contributed by atoms with Crippen molar-refractivity contribution in [3.63, 3.8) is 0 Å². The van der Waals surface area contributed by atoms with Crippen LogP contribution in [0.3, 0.4) is 0 Å². The fourth-order valence-electron chi connectivity index (χ4n) is 0.510. The highest BCUT2D eigenvalue weighted by atomic mass is 32.2. The summed E-state index contributed by atoms with van der Waals surface area (Å²) in [5.74, 6) is 0.721. The van der Waals surface area contributed by atoms with Crippen LogP contribution in [0.2, 0.25) is 0 Å². The normalized spacial score (nSPS) is 12.2. The van der Waals surface area contributed by atoms with Crippen LogP contribution in [0.25, 0.3) is 0 Å². The Hall–Kier alpha value is 0.260. The second kappa shape index (κ2) is 6.74. The molecule has 0 amide bonds. The van der Waals surface area contributed by atoms with Gasteiger partial charge in [0.2, 0.25) is 0 Å². The van der Waals surface area contributed by atoms with Crippen LogP contribution in [-0.2, 0) is 9.53 Å². The monoisotopic (exact) mass is 224 g/mol. The van der Waals surface area contributed by atoms with Gasteiger partial charge in [-0.25, -0.2) is 0 Å². The molecule has 0 aliphatic heterocycles. The lowest BCUT2D eigenvalue weighted by Gasteiger charge is -2.07. The van der Waals surface area contributed by atoms with Crippen LogP contribution in [0.5, 0.6) is 0 Å². The average Bonchev–Trinajstić information content (AvgIpc) is 2.03. The van der Waals surface area contributed by atoms with Crippen molar-refractivity contribution in [2.24, 2.45) is 0 Å². The van der Waals surface area contributed by atoms with E-state index < -0.39 is 0 Å². The van der Waals surface area contributed by atoms with E-state index in [-0.39, 0.29) is 11.2 Å². The molecule has 0 saturated heterocycles. The third kappa shape index (κ3) is 5.00. The van der Waals surface area contributed by atoms with Crippen molar-refractivity contribution in [2.75, 3.05) is 12.9 Å². The summed E-state index contributed by atoms with van der Waals surface area (Å²) in [6.45, 7) is 3.82. The maximum Gasteiger partial charge on any atom is 0.318 e. The fourth-order valence-corrected chi connectivity index (χ4v) is 3.07. The third-order valence-electron chi connectivity index (χ3n) is 1.07. The minimum absolute atomic E-state index is 0.193. The van der Waals surface area contributed by atoms with E-state index >= 15 is 0 Å². The number of rotatable bonds is 3. The van der Waals surface area contributed by atoms with Crippen LogP contribution in [0, 0.1) is 0 Å². The lowest BCUT2D eigenvalue weighted by Crippen LogP contribution is -2.15. The summed E-state index contributed by atoms with van der Waals surface area (Å²) in [5, 5.41) is -0.193. The standard InChI is InChI=1S/C7H12O2S3/c1-4-11-7(10)12-5(2)6(8)9-3/h5H,4H2,1-3H3. The van der Waals surface area contributed by atoms with E-state index in [0.29, 0.717) is 0 Å². The summed E-state index contributed by atoms with van der Waals surface area (Å²) < 4.78 is 5.36. The van der Waals surface area contributed by atoms with Crippen LogP contribution in [0.1, 0.15) is 13.8 Å². The minimum atomic E-state index is -0.223. The number of carbonyl (C=O) groups excluding carboxylic acids is 1. The van der Waals surface area contributed by atoms with E-state index in [1.807, 2.05) is 6.92 Å². The van der Waals surface area contributed by atoms with E-state index in [1.165, 1.54) is 18.9 Å². The molecule has 0 aliphatic rings. The maximum absolute atomic E-state index is 10.9. The molecule has 0 aromatic heterocycles. The first-order valence-electron chi connectivity index (χ1n) is 3.53. The fraction of sp³-hybridized carbons (Fsp3) is 0.714. The van der Waals surface area contributed by atoms with Gasteiger partial charge in [-0.1, -0.05) is 30.9 Å². The number of thiocarbonyl (C=S) groups is 1. The molecule has 0 N–H and O–H groups in total. The number of ether oxygens (including phenoxy) is 1. The molecular weight excluding hydrogens is 212 g/mol. The highest BCUT2D eigenvalue weighted by Crippen LogP contribution is 2.22. The molecule has 2 nitrogen and oxygen atoms in total. The van der Waals surface area contributed by atoms with Gasteiger partial charge < -0.3 is 4.74 Å². The van der Waals surface area contributed by atoms with Crippen molar-refractivity contribution in [1.82, 2.24) is 0 Å². The lowest BCUT2D eigenvalue weighted by atomic mass is 10.5. The van der Waals surface area contributed by atoms with Crippen molar-refractivity contribution in [3.8, 4) is 0 Å². The van der Waals surface area contributed by atoms with Gasteiger partial charge in [0.05, 0.1) is 7.11 Å². The molecule has 1 atom stereocenters. The van der Waals surface area contributed by atoms with Gasteiger partial charge in [0, 0.05) is 0 Å². The predicted molar refractivity (Wildman–Crippen MR) is 59.8 cm³/mol. The number of carbonyl (C=O) groups is 1. The highest BCUT2D eigenvalue weighted by molar-refractivity contribution is 8.47. The van der Waals surface area contributed by atoms with Crippen LogP contribution in [0.15, 0.2) is 0 Å². The zero-order chi connectivity index (χ0) is 9.56. The second-order valence-corrected chi connectivity index (χ2v) is 5.78. The number of hydrogen-bond donors (Lipinski definition) is 0. The van der Waals surface area contributed by atoms with E-state index in [4.69, 9.17) is 12.2 Å². The van der Waals surface area contributed by atoms with E-state index in [0.717, 1.165) is 9.28 Å². The van der Waals surface area contributed by atoms with Crippen molar-refractivity contribution in [3.05, 3.63) is 0 Å². The molecule has 0 aromatic carbocycles. The average molecular weight is 224 g/mol. The van der Waals surface area contributed by atoms with Gasteiger partial charge in [0.25, 0.3) is 0 Å². The van der Waals surface area contributed by atoms with Gasteiger partial charge in [-0.05, 0) is 12.7 Å². The Bertz CT molecular complexity index is 170. The summed E-state index contributed by atoms with van der Waals surface area (Å²) in [5.41, 5.74) is 0. The topological polar surface area (TPSA) is 26.3 Å². The molecule has 0 bridgehead atoms. The molecule has 12 heavy (non-hydrogen) atoms. The summed E-state index contributed by atoms with van der Waals surface area (Å²) in [6.07, 6.45) is 0. The summed E-state index contributed by atoms with van der Waals surface area (Å²) in [6, 6.07) is 0. The van der Waals surface area contributed by atoms with Crippen molar-refractivity contribution in [2.45, 2.75) is 19.1 Å². The lowest BCUT2D eigenvalue weighted by molar-refractivity contribution is -0.139. The van der Waals surface area contributed by atoms with Gasteiger partial charge in [-0.2, -0.15) is 0 Å². The van der Waals surface area contributed by atoms with Gasteiger partial charge >= 0.3 is 5.97 Å². The number of hydrogen-bond acceptors (Lipinski definition) is 5. The van der Waals surface area contributed by atoms with Crippen LogP contribution < -0.4 is 0 Å². The Kier molecular flexibility index (Phi) is 6.89. The predicted octanol–water partition coefficient (Wildman–Crippen LogP) is 2.32. The summed E-state index contributed by atoms with van der Waals surface area (Å²) >= 11 is 7.97. The molecule has 0 saturated carbocycles. The first-order chi connectivity index (χ1) is 5.61. The summed E-state index contributed by atoms with van der Waals surface area (Å²) in [7, 11) is 1.38.